The molecule has 0 fully saturated rings. The summed E-state index contributed by atoms with van der Waals surface area (Å²) in [6.45, 7) is 2.62. The summed E-state index contributed by atoms with van der Waals surface area (Å²) >= 11 is 1.55. The Balaban J connectivity index is 2.00. The van der Waals surface area contributed by atoms with Crippen molar-refractivity contribution in [1.82, 2.24) is 0 Å². The van der Waals surface area contributed by atoms with Crippen LogP contribution < -0.4 is 10.6 Å². The second kappa shape index (κ2) is 7.01. The van der Waals surface area contributed by atoms with E-state index in [1.807, 2.05) is 61.5 Å². The predicted octanol–water partition coefficient (Wildman–Crippen LogP) is 3.41. The minimum atomic E-state index is 0.103. The summed E-state index contributed by atoms with van der Waals surface area (Å²) in [7, 11) is 0. The first-order valence-electron chi connectivity index (χ1n) is 6.54. The zero-order chi connectivity index (χ0) is 14.4. The van der Waals surface area contributed by atoms with Crippen LogP contribution in [0.4, 0.5) is 11.4 Å². The number of nitrogens with two attached hydrogens (primary N) is 1. The van der Waals surface area contributed by atoms with Crippen LogP contribution in [-0.4, -0.2) is 18.2 Å². The van der Waals surface area contributed by atoms with Gasteiger partial charge in [0, 0.05) is 22.8 Å². The normalized spacial score (nSPS) is 10.2. The predicted molar refractivity (Wildman–Crippen MR) is 86.0 cm³/mol. The molecule has 0 aliphatic rings. The number of rotatable bonds is 5. The van der Waals surface area contributed by atoms with Crippen LogP contribution in [0.3, 0.4) is 0 Å². The molecule has 0 aromatic heterocycles. The van der Waals surface area contributed by atoms with E-state index in [9.17, 15) is 4.79 Å². The van der Waals surface area contributed by atoms with Gasteiger partial charge < -0.3 is 10.6 Å². The molecule has 2 N–H and O–H groups in total. The highest BCUT2D eigenvalue weighted by Gasteiger charge is 2.13. The molecule has 0 saturated carbocycles. The molecule has 0 bridgehead atoms. The summed E-state index contributed by atoms with van der Waals surface area (Å²) in [5, 5.41) is 0. The smallest absolute Gasteiger partial charge is 0.237 e. The number of thioether (sulfide) groups is 1. The average molecular weight is 286 g/mol. The second-order valence-electron chi connectivity index (χ2n) is 4.33. The van der Waals surface area contributed by atoms with E-state index in [0.29, 0.717) is 18.0 Å². The van der Waals surface area contributed by atoms with Gasteiger partial charge in [0.2, 0.25) is 5.91 Å². The molecular formula is C16H18N2OS. The number of hydrogen-bond acceptors (Lipinski definition) is 3. The summed E-state index contributed by atoms with van der Waals surface area (Å²) < 4.78 is 0. The average Bonchev–Trinajstić information content (AvgIpc) is 2.49. The highest BCUT2D eigenvalue weighted by molar-refractivity contribution is 8.00. The van der Waals surface area contributed by atoms with Crippen molar-refractivity contribution in [3.63, 3.8) is 0 Å². The lowest BCUT2D eigenvalue weighted by Crippen LogP contribution is -2.32. The zero-order valence-corrected chi connectivity index (χ0v) is 12.3. The molecule has 0 atom stereocenters. The zero-order valence-electron chi connectivity index (χ0n) is 11.5. The molecule has 0 unspecified atom stereocenters. The molecule has 0 saturated heterocycles. The fourth-order valence-corrected chi connectivity index (χ4v) is 2.69. The van der Waals surface area contributed by atoms with Crippen molar-refractivity contribution < 1.29 is 4.79 Å². The first kappa shape index (κ1) is 14.5. The van der Waals surface area contributed by atoms with Gasteiger partial charge in [0.25, 0.3) is 0 Å². The van der Waals surface area contributed by atoms with Gasteiger partial charge in [-0.05, 0) is 43.3 Å². The fraction of sp³-hybridized carbons (Fsp3) is 0.188. The number of anilines is 2. The molecule has 0 aliphatic carbocycles. The van der Waals surface area contributed by atoms with Crippen molar-refractivity contribution in [2.75, 3.05) is 22.9 Å². The van der Waals surface area contributed by atoms with E-state index in [4.69, 9.17) is 5.73 Å². The van der Waals surface area contributed by atoms with E-state index < -0.39 is 0 Å². The second-order valence-corrected chi connectivity index (χ2v) is 5.38. The van der Waals surface area contributed by atoms with Crippen LogP contribution >= 0.6 is 11.8 Å². The van der Waals surface area contributed by atoms with Gasteiger partial charge in [-0.15, -0.1) is 11.8 Å². The molecule has 20 heavy (non-hydrogen) atoms. The van der Waals surface area contributed by atoms with Gasteiger partial charge in [0.1, 0.15) is 0 Å². The van der Waals surface area contributed by atoms with Crippen LogP contribution in [0.2, 0.25) is 0 Å². The summed E-state index contributed by atoms with van der Waals surface area (Å²) in [6.07, 6.45) is 0. The Morgan fingerprint density at radius 3 is 2.35 bits per heavy atom. The van der Waals surface area contributed by atoms with Crippen LogP contribution in [0.1, 0.15) is 6.92 Å². The van der Waals surface area contributed by atoms with E-state index in [0.717, 1.165) is 10.6 Å². The Kier molecular flexibility index (Phi) is 5.07. The van der Waals surface area contributed by atoms with Gasteiger partial charge in [0.05, 0.1) is 5.75 Å². The molecule has 104 valence electrons. The van der Waals surface area contributed by atoms with Crippen molar-refractivity contribution in [1.29, 1.82) is 0 Å². The maximum atomic E-state index is 12.3. The maximum Gasteiger partial charge on any atom is 0.237 e. The van der Waals surface area contributed by atoms with Crippen molar-refractivity contribution in [3.8, 4) is 0 Å². The Labute approximate surface area is 123 Å². The lowest BCUT2D eigenvalue weighted by molar-refractivity contribution is -0.116. The number of nitrogens with zero attached hydrogens (tertiary/aromatic N) is 1. The lowest BCUT2D eigenvalue weighted by Gasteiger charge is -2.21. The minimum Gasteiger partial charge on any atom is -0.399 e. The molecule has 0 radical (unpaired) electrons. The fourth-order valence-electron chi connectivity index (χ4n) is 1.90. The molecule has 0 aliphatic heterocycles. The minimum absolute atomic E-state index is 0.103. The van der Waals surface area contributed by atoms with E-state index in [-0.39, 0.29) is 5.91 Å². The van der Waals surface area contributed by atoms with Gasteiger partial charge in [0.15, 0.2) is 0 Å². The Morgan fingerprint density at radius 2 is 1.75 bits per heavy atom. The number of nitrogen functional groups attached to an aromatic ring is 1. The van der Waals surface area contributed by atoms with Crippen molar-refractivity contribution in [2.24, 2.45) is 0 Å². The summed E-state index contributed by atoms with van der Waals surface area (Å²) in [6, 6.07) is 17.3. The van der Waals surface area contributed by atoms with Crippen molar-refractivity contribution in [3.05, 3.63) is 54.6 Å². The first-order chi connectivity index (χ1) is 9.70. The number of amides is 1. The first-order valence-corrected chi connectivity index (χ1v) is 7.53. The lowest BCUT2D eigenvalue weighted by atomic mass is 10.2. The number of hydrogen-bond donors (Lipinski definition) is 1. The largest absolute Gasteiger partial charge is 0.399 e. The quantitative estimate of drug-likeness (QED) is 0.677. The molecule has 2 aromatic carbocycles. The van der Waals surface area contributed by atoms with Gasteiger partial charge in [-0.1, -0.05) is 18.2 Å². The topological polar surface area (TPSA) is 46.3 Å². The highest BCUT2D eigenvalue weighted by Crippen LogP contribution is 2.21. The standard InChI is InChI=1S/C16H18N2OS/c1-2-18(14-10-8-13(17)9-11-14)16(19)12-20-15-6-4-3-5-7-15/h3-11H,2,12,17H2,1H3. The Hall–Kier alpha value is -1.94. The summed E-state index contributed by atoms with van der Waals surface area (Å²) in [5.41, 5.74) is 7.27. The van der Waals surface area contributed by atoms with Gasteiger partial charge >= 0.3 is 0 Å². The summed E-state index contributed by atoms with van der Waals surface area (Å²) in [5.74, 6) is 0.536. The third kappa shape index (κ3) is 3.78. The maximum absolute atomic E-state index is 12.3. The van der Waals surface area contributed by atoms with Crippen LogP contribution in [0.5, 0.6) is 0 Å². The third-order valence-corrected chi connectivity index (χ3v) is 3.92. The molecule has 1 amide bonds. The summed E-state index contributed by atoms with van der Waals surface area (Å²) in [4.78, 5) is 15.2. The number of benzene rings is 2. The monoisotopic (exact) mass is 286 g/mol. The van der Waals surface area contributed by atoms with Gasteiger partial charge in [-0.2, -0.15) is 0 Å². The number of carbonyl (C=O) groups is 1. The SMILES string of the molecule is CCN(C(=O)CSc1ccccc1)c1ccc(N)cc1. The number of carbonyl (C=O) groups excluding carboxylic acids is 1. The van der Waals surface area contributed by atoms with E-state index >= 15 is 0 Å². The third-order valence-electron chi connectivity index (χ3n) is 2.93. The van der Waals surface area contributed by atoms with Crippen LogP contribution in [-0.2, 0) is 4.79 Å². The molecule has 0 heterocycles. The molecule has 4 heteroatoms. The molecule has 3 nitrogen and oxygen atoms in total. The Bertz CT molecular complexity index is 554. The van der Waals surface area contributed by atoms with Crippen molar-refractivity contribution >= 4 is 29.0 Å². The molecule has 0 spiro atoms. The molecular weight excluding hydrogens is 268 g/mol. The van der Waals surface area contributed by atoms with Crippen molar-refractivity contribution in [2.45, 2.75) is 11.8 Å². The van der Waals surface area contributed by atoms with E-state index in [1.165, 1.54) is 0 Å². The van der Waals surface area contributed by atoms with E-state index in [1.54, 1.807) is 16.7 Å². The van der Waals surface area contributed by atoms with E-state index in [2.05, 4.69) is 0 Å². The highest BCUT2D eigenvalue weighted by atomic mass is 32.2. The molecule has 2 aromatic rings. The Morgan fingerprint density at radius 1 is 1.10 bits per heavy atom. The van der Waals surface area contributed by atoms with Crippen LogP contribution in [0.25, 0.3) is 0 Å². The van der Waals surface area contributed by atoms with Gasteiger partial charge in [-0.3, -0.25) is 4.79 Å². The molecule has 2 rings (SSSR count). The van der Waals surface area contributed by atoms with Crippen LogP contribution in [0, 0.1) is 0 Å². The van der Waals surface area contributed by atoms with Gasteiger partial charge in [-0.25, -0.2) is 0 Å². The van der Waals surface area contributed by atoms with Crippen LogP contribution in [0.15, 0.2) is 59.5 Å².